The molecule has 5 atom stereocenters. The maximum Gasteiger partial charge on any atom is 0.322 e. The molecule has 18 nitrogen and oxygen atoms in total. The maximum absolute atomic E-state index is 13.7. The second kappa shape index (κ2) is 17.7. The van der Waals surface area contributed by atoms with E-state index < -0.39 is 84.5 Å². The lowest BCUT2D eigenvalue weighted by atomic mass is 9.95. The summed E-state index contributed by atoms with van der Waals surface area (Å²) in [6, 6.07) is -4.56. The SMILES string of the molecule is CCC(C)[C@H](NC(=O)C(N)Cc1cnc[nH]1)C(=O)N(C)[C@H](C(=O)Nc1nc(C(=O)N[C@@H](CC(=O)O)C(=O)NCC(=O)O)cs1)C(C)C. The van der Waals surface area contributed by atoms with E-state index in [1.165, 1.54) is 23.7 Å². The van der Waals surface area contributed by atoms with Crippen molar-refractivity contribution in [1.29, 1.82) is 0 Å². The number of anilines is 1. The van der Waals surface area contributed by atoms with Crippen molar-refractivity contribution in [2.45, 2.75) is 71.1 Å². The Balaban J connectivity index is 2.15. The number of imidazole rings is 1. The molecule has 0 aromatic carbocycles. The predicted octanol–water partition coefficient (Wildman–Crippen LogP) is -0.837. The van der Waals surface area contributed by atoms with Gasteiger partial charge in [0.05, 0.1) is 18.8 Å². The third kappa shape index (κ3) is 11.4. The number of rotatable bonds is 18. The number of hydrogen-bond acceptors (Lipinski definition) is 11. The van der Waals surface area contributed by atoms with Gasteiger partial charge in [0.1, 0.15) is 30.4 Å². The van der Waals surface area contributed by atoms with E-state index in [4.69, 9.17) is 15.9 Å². The van der Waals surface area contributed by atoms with Gasteiger partial charge in [-0.3, -0.25) is 33.6 Å². The van der Waals surface area contributed by atoms with Crippen LogP contribution >= 0.6 is 11.3 Å². The lowest BCUT2D eigenvalue weighted by Crippen LogP contribution is -2.58. The topological polar surface area (TPSA) is 279 Å². The van der Waals surface area contributed by atoms with E-state index in [0.717, 1.165) is 11.3 Å². The summed E-state index contributed by atoms with van der Waals surface area (Å²) in [5.41, 5.74) is 6.48. The Hall–Kier alpha value is -4.91. The summed E-state index contributed by atoms with van der Waals surface area (Å²) in [7, 11) is 1.44. The number of nitrogens with one attached hydrogen (secondary N) is 5. The molecule has 0 saturated heterocycles. The van der Waals surface area contributed by atoms with Crippen LogP contribution in [0.25, 0.3) is 0 Å². The Morgan fingerprint density at radius 3 is 2.26 bits per heavy atom. The molecule has 0 bridgehead atoms. The highest BCUT2D eigenvalue weighted by atomic mass is 32.1. The van der Waals surface area contributed by atoms with Gasteiger partial charge in [-0.2, -0.15) is 0 Å². The van der Waals surface area contributed by atoms with Crippen molar-refractivity contribution in [1.82, 2.24) is 35.8 Å². The molecule has 2 aromatic rings. The van der Waals surface area contributed by atoms with Crippen molar-refractivity contribution < 1.29 is 43.8 Å². The van der Waals surface area contributed by atoms with Gasteiger partial charge in [0.25, 0.3) is 5.91 Å². The van der Waals surface area contributed by atoms with E-state index in [9.17, 15) is 33.6 Å². The van der Waals surface area contributed by atoms with Gasteiger partial charge in [0.2, 0.25) is 23.6 Å². The normalized spacial score (nSPS) is 14.2. The molecule has 2 unspecified atom stereocenters. The first-order valence-electron chi connectivity index (χ1n) is 14.6. The minimum atomic E-state index is -1.59. The fourth-order valence-electron chi connectivity index (χ4n) is 4.47. The zero-order chi connectivity index (χ0) is 35.4. The first kappa shape index (κ1) is 38.3. The number of carbonyl (C=O) groups excluding carboxylic acids is 5. The summed E-state index contributed by atoms with van der Waals surface area (Å²) in [6.45, 7) is 6.32. The van der Waals surface area contributed by atoms with Crippen LogP contribution in [-0.2, 0) is 35.2 Å². The Bertz CT molecular complexity index is 1430. The quantitative estimate of drug-likeness (QED) is 0.0958. The Morgan fingerprint density at radius 2 is 1.70 bits per heavy atom. The number of aliphatic carboxylic acids is 2. The van der Waals surface area contributed by atoms with Gasteiger partial charge in [0, 0.05) is 30.7 Å². The molecule has 0 aliphatic carbocycles. The molecule has 2 aromatic heterocycles. The van der Waals surface area contributed by atoms with E-state index in [2.05, 4.69) is 30.9 Å². The Labute approximate surface area is 274 Å². The van der Waals surface area contributed by atoms with Crippen LogP contribution in [-0.4, -0.2) is 109 Å². The summed E-state index contributed by atoms with van der Waals surface area (Å²) in [5, 5.41) is 28.6. The fraction of sp³-hybridized carbons (Fsp3) is 0.536. The molecule has 258 valence electrons. The summed E-state index contributed by atoms with van der Waals surface area (Å²) in [4.78, 5) is 99.1. The number of hydrogen-bond donors (Lipinski definition) is 8. The summed E-state index contributed by atoms with van der Waals surface area (Å²) < 4.78 is 0. The van der Waals surface area contributed by atoms with Crippen LogP contribution < -0.4 is 27.0 Å². The van der Waals surface area contributed by atoms with Crippen LogP contribution in [0.5, 0.6) is 0 Å². The molecule has 0 spiro atoms. The number of thiazole rings is 1. The third-order valence-electron chi connectivity index (χ3n) is 7.15. The summed E-state index contributed by atoms with van der Waals surface area (Å²) >= 11 is 0.867. The molecule has 19 heteroatoms. The first-order chi connectivity index (χ1) is 22.0. The van der Waals surface area contributed by atoms with Crippen LogP contribution in [0.1, 0.15) is 56.7 Å². The minimum absolute atomic E-state index is 0.0201. The number of aromatic nitrogens is 3. The maximum atomic E-state index is 13.7. The second-order valence-corrected chi connectivity index (χ2v) is 12.0. The zero-order valence-electron chi connectivity index (χ0n) is 26.6. The Kier molecular flexibility index (Phi) is 14.4. The number of carboxylic acids is 2. The van der Waals surface area contributed by atoms with Crippen molar-refractivity contribution in [2.24, 2.45) is 17.6 Å². The lowest BCUT2D eigenvalue weighted by Gasteiger charge is -2.34. The average Bonchev–Trinajstić information content (AvgIpc) is 3.69. The molecule has 0 fully saturated rings. The zero-order valence-corrected chi connectivity index (χ0v) is 27.4. The molecule has 0 saturated carbocycles. The number of carbonyl (C=O) groups is 7. The van der Waals surface area contributed by atoms with Gasteiger partial charge in [0.15, 0.2) is 5.13 Å². The number of amides is 5. The van der Waals surface area contributed by atoms with Gasteiger partial charge in [-0.15, -0.1) is 11.3 Å². The van der Waals surface area contributed by atoms with Crippen molar-refractivity contribution in [3.05, 3.63) is 29.3 Å². The number of nitrogens with zero attached hydrogens (tertiary/aromatic N) is 3. The molecule has 9 N–H and O–H groups in total. The van der Waals surface area contributed by atoms with Crippen molar-refractivity contribution >= 4 is 57.9 Å². The number of aromatic amines is 1. The van der Waals surface area contributed by atoms with E-state index in [1.54, 1.807) is 27.0 Å². The molecule has 47 heavy (non-hydrogen) atoms. The Morgan fingerprint density at radius 1 is 1.02 bits per heavy atom. The largest absolute Gasteiger partial charge is 0.481 e. The molecular formula is C28H41N9O9S. The van der Waals surface area contributed by atoms with Crippen LogP contribution in [0.3, 0.4) is 0 Å². The number of H-pyrrole nitrogens is 1. The van der Waals surface area contributed by atoms with Gasteiger partial charge >= 0.3 is 11.9 Å². The second-order valence-electron chi connectivity index (χ2n) is 11.2. The molecule has 2 rings (SSSR count). The van der Waals surface area contributed by atoms with Crippen LogP contribution in [0.4, 0.5) is 5.13 Å². The van der Waals surface area contributed by atoms with Crippen molar-refractivity contribution in [3.8, 4) is 0 Å². The van der Waals surface area contributed by atoms with Gasteiger partial charge in [-0.1, -0.05) is 34.1 Å². The first-order valence-corrected chi connectivity index (χ1v) is 15.5. The van der Waals surface area contributed by atoms with Crippen LogP contribution in [0, 0.1) is 11.8 Å². The average molecular weight is 680 g/mol. The highest BCUT2D eigenvalue weighted by Crippen LogP contribution is 2.20. The molecule has 0 radical (unpaired) electrons. The third-order valence-corrected chi connectivity index (χ3v) is 7.91. The minimum Gasteiger partial charge on any atom is -0.481 e. The predicted molar refractivity (Wildman–Crippen MR) is 168 cm³/mol. The van der Waals surface area contributed by atoms with Crippen LogP contribution in [0.2, 0.25) is 0 Å². The van der Waals surface area contributed by atoms with Gasteiger partial charge < -0.3 is 47.1 Å². The highest BCUT2D eigenvalue weighted by Gasteiger charge is 2.37. The molecule has 2 heterocycles. The van der Waals surface area contributed by atoms with E-state index in [1.807, 2.05) is 12.2 Å². The van der Waals surface area contributed by atoms with Crippen LogP contribution in [0.15, 0.2) is 17.9 Å². The molecular weight excluding hydrogens is 638 g/mol. The smallest absolute Gasteiger partial charge is 0.322 e. The molecule has 0 aliphatic rings. The highest BCUT2D eigenvalue weighted by molar-refractivity contribution is 7.14. The number of nitrogens with two attached hydrogens (primary N) is 1. The summed E-state index contributed by atoms with van der Waals surface area (Å²) in [5.74, 6) is -7.14. The fourth-order valence-corrected chi connectivity index (χ4v) is 5.16. The van der Waals surface area contributed by atoms with E-state index in [-0.39, 0.29) is 23.2 Å². The standard InChI is InChI=1S/C28H41N9O9S/c1-6-14(4)21(35-23(42)16(29)7-15-9-30-12-32-15)27(46)37(5)22(13(2)3)26(45)36-28-34-18(11-47-28)25(44)33-17(8-19(38)39)24(43)31-10-20(40)41/h9,11-14,16-17,21-22H,6-8,10,29H2,1-5H3,(H,30,32)(H,31,43)(H,33,44)(H,35,42)(H,38,39)(H,40,41)(H,34,36,45)/t14?,16?,17-,21-,22-/m0/s1. The van der Waals surface area contributed by atoms with E-state index in [0.29, 0.717) is 12.1 Å². The number of carboxylic acid groups (broad SMARTS) is 2. The van der Waals surface area contributed by atoms with Crippen molar-refractivity contribution in [3.63, 3.8) is 0 Å². The molecule has 0 aliphatic heterocycles. The molecule has 5 amide bonds. The van der Waals surface area contributed by atoms with Gasteiger partial charge in [-0.05, 0) is 11.8 Å². The van der Waals surface area contributed by atoms with E-state index >= 15 is 0 Å². The van der Waals surface area contributed by atoms with Crippen molar-refractivity contribution in [2.75, 3.05) is 18.9 Å². The summed E-state index contributed by atoms with van der Waals surface area (Å²) in [6.07, 6.45) is 2.89. The number of likely N-dealkylation sites (N-methyl/N-ethyl adjacent to an activating group) is 1. The van der Waals surface area contributed by atoms with Gasteiger partial charge in [-0.25, -0.2) is 9.97 Å². The lowest BCUT2D eigenvalue weighted by molar-refractivity contribution is -0.143. The monoisotopic (exact) mass is 679 g/mol.